The van der Waals surface area contributed by atoms with Gasteiger partial charge in [-0.3, -0.25) is 9.48 Å². The number of rotatable bonds is 6. The molecule has 0 bridgehead atoms. The normalized spacial score (nSPS) is 11.9. The van der Waals surface area contributed by atoms with Crippen molar-refractivity contribution in [2.45, 2.75) is 39.8 Å². The van der Waals surface area contributed by atoms with Gasteiger partial charge in [0.1, 0.15) is 6.54 Å². The van der Waals surface area contributed by atoms with Crippen molar-refractivity contribution < 1.29 is 14.7 Å². The molecule has 1 atom stereocenters. The molecule has 1 rings (SSSR count). The predicted molar refractivity (Wildman–Crippen MR) is 71.0 cm³/mol. The second kappa shape index (κ2) is 6.77. The van der Waals surface area contributed by atoms with E-state index in [-0.39, 0.29) is 12.6 Å². The Morgan fingerprint density at radius 2 is 2.21 bits per heavy atom. The van der Waals surface area contributed by atoms with Crippen molar-refractivity contribution in [1.82, 2.24) is 14.7 Å². The molecule has 1 aromatic rings. The van der Waals surface area contributed by atoms with E-state index >= 15 is 0 Å². The van der Waals surface area contributed by atoms with Crippen LogP contribution in [0.15, 0.2) is 12.4 Å². The monoisotopic (exact) mass is 268 g/mol. The molecule has 0 aliphatic heterocycles. The maximum atomic E-state index is 12.1. The molecule has 7 nitrogen and oxygen atoms in total. The molecule has 0 aliphatic carbocycles. The van der Waals surface area contributed by atoms with Crippen molar-refractivity contribution in [1.29, 1.82) is 0 Å². The molecule has 1 unspecified atom stereocenters. The first-order valence-corrected chi connectivity index (χ1v) is 6.29. The van der Waals surface area contributed by atoms with Gasteiger partial charge in [0.2, 0.25) is 0 Å². The average molecular weight is 268 g/mol. The van der Waals surface area contributed by atoms with Crippen molar-refractivity contribution in [3.05, 3.63) is 12.4 Å². The van der Waals surface area contributed by atoms with Crippen LogP contribution in [0.3, 0.4) is 0 Å². The third kappa shape index (κ3) is 4.27. The Hall–Kier alpha value is -2.05. The summed E-state index contributed by atoms with van der Waals surface area (Å²) in [6, 6.07) is -0.565. The number of urea groups is 1. The number of hydrogen-bond acceptors (Lipinski definition) is 3. The Labute approximate surface area is 112 Å². The van der Waals surface area contributed by atoms with Crippen molar-refractivity contribution in [3.63, 3.8) is 0 Å². The van der Waals surface area contributed by atoms with Gasteiger partial charge in [-0.25, -0.2) is 4.79 Å². The van der Waals surface area contributed by atoms with Crippen molar-refractivity contribution in [3.8, 4) is 0 Å². The van der Waals surface area contributed by atoms with Gasteiger partial charge in [0, 0.05) is 18.8 Å². The van der Waals surface area contributed by atoms with Crippen LogP contribution in [0, 0.1) is 0 Å². The molecule has 7 heteroatoms. The molecule has 106 valence electrons. The number of carbonyl (C=O) groups excluding carboxylic acids is 1. The number of aliphatic carboxylic acids is 1. The van der Waals surface area contributed by atoms with Crippen LogP contribution in [0.2, 0.25) is 0 Å². The molecule has 0 spiro atoms. The maximum Gasteiger partial charge on any atom is 0.323 e. The highest BCUT2D eigenvalue weighted by atomic mass is 16.4. The number of carboxylic acids is 1. The number of anilines is 1. The van der Waals surface area contributed by atoms with E-state index in [1.165, 1.54) is 11.1 Å². The Bertz CT molecular complexity index is 444. The van der Waals surface area contributed by atoms with E-state index in [2.05, 4.69) is 10.4 Å². The fraction of sp³-hybridized carbons (Fsp3) is 0.583. The highest BCUT2D eigenvalue weighted by molar-refractivity contribution is 5.91. The van der Waals surface area contributed by atoms with Gasteiger partial charge < -0.3 is 15.3 Å². The van der Waals surface area contributed by atoms with Gasteiger partial charge in [-0.15, -0.1) is 0 Å². The summed E-state index contributed by atoms with van der Waals surface area (Å²) in [5.41, 5.74) is 0.561. The van der Waals surface area contributed by atoms with Crippen LogP contribution in [0.25, 0.3) is 0 Å². The first kappa shape index (κ1) is 15.0. The second-order valence-electron chi connectivity index (χ2n) is 4.29. The van der Waals surface area contributed by atoms with Crippen molar-refractivity contribution in [2.75, 3.05) is 11.9 Å². The predicted octanol–water partition coefficient (Wildman–Crippen LogP) is 1.62. The number of carboxylic acid groups (broad SMARTS) is 1. The first-order valence-electron chi connectivity index (χ1n) is 6.29. The lowest BCUT2D eigenvalue weighted by Crippen LogP contribution is -2.44. The van der Waals surface area contributed by atoms with Crippen LogP contribution >= 0.6 is 0 Å². The Kier molecular flexibility index (Phi) is 5.35. The summed E-state index contributed by atoms with van der Waals surface area (Å²) in [6.45, 7) is 6.05. The SMILES string of the molecule is CCC(C)N(CC(=O)O)C(=O)Nc1cnn(CC)c1. The lowest BCUT2D eigenvalue weighted by molar-refractivity contribution is -0.138. The van der Waals surface area contributed by atoms with Crippen LogP contribution in [-0.2, 0) is 11.3 Å². The van der Waals surface area contributed by atoms with Crippen LogP contribution in [-0.4, -0.2) is 44.4 Å². The minimum absolute atomic E-state index is 0.141. The Morgan fingerprint density at radius 1 is 1.53 bits per heavy atom. The van der Waals surface area contributed by atoms with E-state index in [0.29, 0.717) is 18.7 Å². The van der Waals surface area contributed by atoms with Crippen LogP contribution in [0.4, 0.5) is 10.5 Å². The zero-order chi connectivity index (χ0) is 14.4. The van der Waals surface area contributed by atoms with Crippen molar-refractivity contribution in [2.24, 2.45) is 0 Å². The number of aromatic nitrogens is 2. The fourth-order valence-electron chi connectivity index (χ4n) is 1.59. The van der Waals surface area contributed by atoms with E-state index < -0.39 is 12.0 Å². The number of carbonyl (C=O) groups is 2. The minimum atomic E-state index is -1.03. The van der Waals surface area contributed by atoms with E-state index in [0.717, 1.165) is 0 Å². The topological polar surface area (TPSA) is 87.5 Å². The molecule has 0 radical (unpaired) electrons. The van der Waals surface area contributed by atoms with Crippen LogP contribution in [0.5, 0.6) is 0 Å². The number of nitrogens with one attached hydrogen (secondary N) is 1. The number of aryl methyl sites for hydroxylation is 1. The molecule has 0 fully saturated rings. The molecule has 2 N–H and O–H groups in total. The van der Waals surface area contributed by atoms with Gasteiger partial charge in [-0.2, -0.15) is 5.10 Å². The van der Waals surface area contributed by atoms with Gasteiger partial charge >= 0.3 is 12.0 Å². The standard InChI is InChI=1S/C12H20N4O3/c1-4-9(3)16(8-11(17)18)12(19)14-10-6-13-15(5-2)7-10/h6-7,9H,4-5,8H2,1-3H3,(H,14,19)(H,17,18). The fourth-order valence-corrected chi connectivity index (χ4v) is 1.59. The highest BCUT2D eigenvalue weighted by Crippen LogP contribution is 2.10. The van der Waals surface area contributed by atoms with E-state index in [9.17, 15) is 9.59 Å². The third-order valence-electron chi connectivity index (χ3n) is 2.90. The molecule has 1 aromatic heterocycles. The largest absolute Gasteiger partial charge is 0.480 e. The zero-order valence-corrected chi connectivity index (χ0v) is 11.5. The Morgan fingerprint density at radius 3 is 2.68 bits per heavy atom. The summed E-state index contributed by atoms with van der Waals surface area (Å²) in [6.07, 6.45) is 3.93. The van der Waals surface area contributed by atoms with Gasteiger partial charge in [0.25, 0.3) is 0 Å². The number of hydrogen-bond donors (Lipinski definition) is 2. The average Bonchev–Trinajstić information content (AvgIpc) is 2.82. The van der Waals surface area contributed by atoms with Gasteiger partial charge in [0.15, 0.2) is 0 Å². The Balaban J connectivity index is 2.73. The summed E-state index contributed by atoms with van der Waals surface area (Å²) in [5.74, 6) is -1.03. The lowest BCUT2D eigenvalue weighted by atomic mass is 10.2. The van der Waals surface area contributed by atoms with Crippen LogP contribution in [0.1, 0.15) is 27.2 Å². The molecular weight excluding hydrogens is 248 g/mol. The van der Waals surface area contributed by atoms with E-state index in [4.69, 9.17) is 5.11 Å². The van der Waals surface area contributed by atoms with E-state index in [1.807, 2.05) is 20.8 Å². The summed E-state index contributed by atoms with van der Waals surface area (Å²) < 4.78 is 1.68. The first-order chi connectivity index (χ1) is 8.97. The molecule has 0 aromatic carbocycles. The molecule has 1 heterocycles. The quantitative estimate of drug-likeness (QED) is 0.820. The number of nitrogens with zero attached hydrogens (tertiary/aromatic N) is 3. The van der Waals surface area contributed by atoms with Crippen LogP contribution < -0.4 is 5.32 Å². The molecule has 2 amide bonds. The molecular formula is C12H20N4O3. The molecule has 0 saturated carbocycles. The lowest BCUT2D eigenvalue weighted by Gasteiger charge is -2.26. The number of amides is 2. The molecule has 0 aliphatic rings. The van der Waals surface area contributed by atoms with E-state index in [1.54, 1.807) is 10.9 Å². The summed E-state index contributed by atoms with van der Waals surface area (Å²) in [7, 11) is 0. The third-order valence-corrected chi connectivity index (χ3v) is 2.90. The minimum Gasteiger partial charge on any atom is -0.480 e. The summed E-state index contributed by atoms with van der Waals surface area (Å²) in [5, 5.41) is 15.5. The molecule has 0 saturated heterocycles. The summed E-state index contributed by atoms with van der Waals surface area (Å²) >= 11 is 0. The highest BCUT2D eigenvalue weighted by Gasteiger charge is 2.21. The second-order valence-corrected chi connectivity index (χ2v) is 4.29. The smallest absolute Gasteiger partial charge is 0.323 e. The molecule has 19 heavy (non-hydrogen) atoms. The zero-order valence-electron chi connectivity index (χ0n) is 11.5. The van der Waals surface area contributed by atoms with Crippen molar-refractivity contribution >= 4 is 17.7 Å². The summed E-state index contributed by atoms with van der Waals surface area (Å²) in [4.78, 5) is 24.2. The van der Waals surface area contributed by atoms with Gasteiger partial charge in [0.05, 0.1) is 11.9 Å². The maximum absolute atomic E-state index is 12.1. The van der Waals surface area contributed by atoms with Gasteiger partial charge in [-0.1, -0.05) is 6.92 Å². The van der Waals surface area contributed by atoms with Gasteiger partial charge in [-0.05, 0) is 20.3 Å².